The van der Waals surface area contributed by atoms with Crippen LogP contribution in [-0.2, 0) is 13.1 Å². The van der Waals surface area contributed by atoms with Crippen molar-refractivity contribution in [1.29, 1.82) is 0 Å². The van der Waals surface area contributed by atoms with Crippen molar-refractivity contribution < 1.29 is 4.39 Å². The van der Waals surface area contributed by atoms with Crippen molar-refractivity contribution in [2.45, 2.75) is 13.1 Å². The molecule has 0 radical (unpaired) electrons. The average Bonchev–Trinajstić information content (AvgIpc) is 3.36. The monoisotopic (exact) mass is 449 g/mol. The van der Waals surface area contributed by atoms with Crippen molar-refractivity contribution in [1.82, 2.24) is 25.3 Å². The smallest absolute Gasteiger partial charge is 0.191 e. The molecule has 4 rings (SSSR count). The lowest BCUT2D eigenvalue weighted by molar-refractivity contribution is 0.261. The molecule has 1 aromatic heterocycles. The fourth-order valence-electron chi connectivity index (χ4n) is 4.07. The molecule has 2 heterocycles. The number of rotatable bonds is 8. The number of piperazine rings is 1. The Balaban J connectivity index is 1.19. The Labute approximate surface area is 194 Å². The van der Waals surface area contributed by atoms with Gasteiger partial charge in [0.15, 0.2) is 5.96 Å². The number of aromatic nitrogens is 2. The van der Waals surface area contributed by atoms with Gasteiger partial charge in [0.1, 0.15) is 5.82 Å². The van der Waals surface area contributed by atoms with Crippen LogP contribution in [0.5, 0.6) is 0 Å². The number of aliphatic imine (C=N–C) groups is 1. The summed E-state index contributed by atoms with van der Waals surface area (Å²) in [6.07, 6.45) is 3.78. The predicted octanol–water partition coefficient (Wildman–Crippen LogP) is 2.56. The maximum Gasteiger partial charge on any atom is 0.191 e. The van der Waals surface area contributed by atoms with Crippen LogP contribution in [0.15, 0.2) is 72.0 Å². The average molecular weight is 450 g/mol. The van der Waals surface area contributed by atoms with Crippen LogP contribution < -0.4 is 15.5 Å². The molecule has 1 fully saturated rings. The summed E-state index contributed by atoms with van der Waals surface area (Å²) in [5, 5.41) is 11.2. The minimum absolute atomic E-state index is 0.188. The lowest BCUT2D eigenvalue weighted by atomic mass is 10.1. The molecule has 0 atom stereocenters. The van der Waals surface area contributed by atoms with Crippen LogP contribution in [0.4, 0.5) is 10.1 Å². The largest absolute Gasteiger partial charge is 0.369 e. The molecule has 0 spiro atoms. The summed E-state index contributed by atoms with van der Waals surface area (Å²) in [7, 11) is 1.80. The van der Waals surface area contributed by atoms with E-state index >= 15 is 0 Å². The Hall–Kier alpha value is -3.39. The van der Waals surface area contributed by atoms with Gasteiger partial charge in [0.05, 0.1) is 6.54 Å². The fraction of sp³-hybridized carbons (Fsp3) is 0.360. The Morgan fingerprint density at radius 3 is 2.42 bits per heavy atom. The number of guanidine groups is 1. The zero-order chi connectivity index (χ0) is 22.9. The maximum atomic E-state index is 13.1. The Kier molecular flexibility index (Phi) is 7.92. The van der Waals surface area contributed by atoms with E-state index in [-0.39, 0.29) is 5.82 Å². The number of halogens is 1. The molecule has 174 valence electrons. The lowest BCUT2D eigenvalue weighted by Gasteiger charge is -2.36. The molecule has 0 amide bonds. The van der Waals surface area contributed by atoms with Crippen molar-refractivity contribution in [3.05, 3.63) is 83.9 Å². The minimum Gasteiger partial charge on any atom is -0.369 e. The summed E-state index contributed by atoms with van der Waals surface area (Å²) in [6, 6.07) is 17.1. The van der Waals surface area contributed by atoms with Crippen LogP contribution in [0.1, 0.15) is 11.1 Å². The Morgan fingerprint density at radius 1 is 0.970 bits per heavy atom. The molecular weight excluding hydrogens is 417 g/mol. The van der Waals surface area contributed by atoms with E-state index in [1.54, 1.807) is 13.2 Å². The number of nitrogens with zero attached hydrogens (tertiary/aromatic N) is 5. The van der Waals surface area contributed by atoms with Gasteiger partial charge in [-0.1, -0.05) is 24.3 Å². The molecule has 33 heavy (non-hydrogen) atoms. The molecule has 2 N–H and O–H groups in total. The summed E-state index contributed by atoms with van der Waals surface area (Å²) >= 11 is 0. The number of hydrogen-bond acceptors (Lipinski definition) is 4. The number of nitrogens with one attached hydrogen (secondary N) is 2. The third kappa shape index (κ3) is 6.55. The summed E-state index contributed by atoms with van der Waals surface area (Å²) in [6.45, 7) is 7.11. The van der Waals surface area contributed by atoms with E-state index in [0.29, 0.717) is 6.54 Å². The zero-order valence-corrected chi connectivity index (χ0v) is 19.1. The molecule has 3 aromatic rings. The van der Waals surface area contributed by atoms with Gasteiger partial charge in [-0.05, 0) is 41.5 Å². The first-order valence-corrected chi connectivity index (χ1v) is 11.4. The van der Waals surface area contributed by atoms with E-state index in [1.165, 1.54) is 23.3 Å². The normalized spacial score (nSPS) is 15.0. The van der Waals surface area contributed by atoms with E-state index < -0.39 is 0 Å². The quantitative estimate of drug-likeness (QED) is 0.409. The second kappa shape index (κ2) is 11.5. The molecule has 2 aromatic carbocycles. The number of hydrogen-bond donors (Lipinski definition) is 2. The van der Waals surface area contributed by atoms with Crippen molar-refractivity contribution >= 4 is 11.6 Å². The van der Waals surface area contributed by atoms with Crippen LogP contribution in [0, 0.1) is 5.82 Å². The van der Waals surface area contributed by atoms with E-state index in [0.717, 1.165) is 57.5 Å². The number of anilines is 1. The van der Waals surface area contributed by atoms with Crippen LogP contribution in [0.25, 0.3) is 0 Å². The third-order valence-electron chi connectivity index (χ3n) is 5.96. The molecule has 7 nitrogen and oxygen atoms in total. The highest BCUT2D eigenvalue weighted by Gasteiger charge is 2.17. The molecule has 0 bridgehead atoms. The van der Waals surface area contributed by atoms with Gasteiger partial charge >= 0.3 is 0 Å². The summed E-state index contributed by atoms with van der Waals surface area (Å²) in [5.41, 5.74) is 3.56. The van der Waals surface area contributed by atoms with E-state index in [1.807, 2.05) is 29.1 Å². The van der Waals surface area contributed by atoms with E-state index in [4.69, 9.17) is 0 Å². The van der Waals surface area contributed by atoms with Crippen molar-refractivity contribution in [2.24, 2.45) is 4.99 Å². The van der Waals surface area contributed by atoms with Crippen molar-refractivity contribution in [3.63, 3.8) is 0 Å². The standard InChI is InChI=1S/C25H32FN7/c1-27-25(29-19-21-5-2-3-6-22(21)20-33-13-4-11-30-33)28-12-14-31-15-17-32(18-16-31)24-9-7-23(26)8-10-24/h2-11,13H,12,14-20H2,1H3,(H2,27,28,29). The molecule has 1 aliphatic rings. The fourth-order valence-corrected chi connectivity index (χ4v) is 4.07. The highest BCUT2D eigenvalue weighted by molar-refractivity contribution is 5.79. The highest BCUT2D eigenvalue weighted by atomic mass is 19.1. The van der Waals surface area contributed by atoms with E-state index in [2.05, 4.69) is 54.8 Å². The summed E-state index contributed by atoms with van der Waals surface area (Å²) in [4.78, 5) is 9.12. The maximum absolute atomic E-state index is 13.1. The van der Waals surface area contributed by atoms with Gasteiger partial charge in [-0.15, -0.1) is 0 Å². The van der Waals surface area contributed by atoms with Crippen LogP contribution in [0.3, 0.4) is 0 Å². The molecule has 1 aliphatic heterocycles. The molecular formula is C25H32FN7. The second-order valence-electron chi connectivity index (χ2n) is 8.13. The summed E-state index contributed by atoms with van der Waals surface area (Å²) in [5.74, 6) is 0.612. The first-order valence-electron chi connectivity index (χ1n) is 11.4. The minimum atomic E-state index is -0.188. The second-order valence-corrected chi connectivity index (χ2v) is 8.13. The zero-order valence-electron chi connectivity index (χ0n) is 19.1. The van der Waals surface area contributed by atoms with Gasteiger partial charge in [0.2, 0.25) is 0 Å². The first kappa shape index (κ1) is 22.8. The SMILES string of the molecule is CN=C(NCCN1CCN(c2ccc(F)cc2)CC1)NCc1ccccc1Cn1cccn1. The van der Waals surface area contributed by atoms with Gasteiger partial charge in [-0.2, -0.15) is 5.10 Å². The van der Waals surface area contributed by atoms with E-state index in [9.17, 15) is 4.39 Å². The van der Waals surface area contributed by atoms with Gasteiger partial charge in [0.25, 0.3) is 0 Å². The molecule has 8 heteroatoms. The molecule has 0 aliphatic carbocycles. The van der Waals surface area contributed by atoms with Gasteiger partial charge < -0.3 is 15.5 Å². The Bertz CT molecular complexity index is 1010. The highest BCUT2D eigenvalue weighted by Crippen LogP contribution is 2.16. The topological polar surface area (TPSA) is 60.7 Å². The van der Waals surface area contributed by atoms with Crippen LogP contribution in [-0.4, -0.2) is 67.0 Å². The molecule has 1 saturated heterocycles. The van der Waals surface area contributed by atoms with Gasteiger partial charge in [0, 0.05) is 70.9 Å². The van der Waals surface area contributed by atoms with Crippen LogP contribution in [0.2, 0.25) is 0 Å². The number of benzene rings is 2. The molecule has 0 unspecified atom stereocenters. The summed E-state index contributed by atoms with van der Waals surface area (Å²) < 4.78 is 15.1. The molecule has 0 saturated carbocycles. The van der Waals surface area contributed by atoms with Gasteiger partial charge in [-0.25, -0.2) is 4.39 Å². The first-order chi connectivity index (χ1) is 16.2. The van der Waals surface area contributed by atoms with Crippen molar-refractivity contribution in [3.8, 4) is 0 Å². The van der Waals surface area contributed by atoms with Crippen molar-refractivity contribution in [2.75, 3.05) is 51.2 Å². The predicted molar refractivity (Wildman–Crippen MR) is 131 cm³/mol. The van der Waals surface area contributed by atoms with Gasteiger partial charge in [-0.3, -0.25) is 14.6 Å². The third-order valence-corrected chi connectivity index (χ3v) is 5.96. The van der Waals surface area contributed by atoms with Crippen LogP contribution >= 0.6 is 0 Å². The Morgan fingerprint density at radius 2 is 1.73 bits per heavy atom. The lowest BCUT2D eigenvalue weighted by Crippen LogP contribution is -2.49.